The zero-order valence-electron chi connectivity index (χ0n) is 12.0. The lowest BCUT2D eigenvalue weighted by atomic mass is 10.0. The number of carbonyl (C=O) groups excluding carboxylic acids is 1. The third-order valence-corrected chi connectivity index (χ3v) is 3.47. The lowest BCUT2D eigenvalue weighted by Crippen LogP contribution is -2.18. The minimum absolute atomic E-state index is 0.165. The predicted octanol–water partition coefficient (Wildman–Crippen LogP) is 2.57. The summed E-state index contributed by atoms with van der Waals surface area (Å²) in [5, 5.41) is 3.28. The molecule has 110 valence electrons. The molecular weight excluding hydrogens is 267 g/mol. The van der Waals surface area contributed by atoms with E-state index in [-0.39, 0.29) is 5.82 Å². The van der Waals surface area contributed by atoms with Gasteiger partial charge in [0.1, 0.15) is 5.82 Å². The summed E-state index contributed by atoms with van der Waals surface area (Å²) >= 11 is 0. The second-order valence-electron chi connectivity index (χ2n) is 5.02. The Morgan fingerprint density at radius 2 is 1.95 bits per heavy atom. The summed E-state index contributed by atoms with van der Waals surface area (Å²) in [6, 6.07) is 12.2. The van der Waals surface area contributed by atoms with Crippen molar-refractivity contribution in [2.75, 3.05) is 6.54 Å². The van der Waals surface area contributed by atoms with E-state index in [2.05, 4.69) is 5.32 Å². The van der Waals surface area contributed by atoms with E-state index >= 15 is 0 Å². The molecule has 0 aliphatic heterocycles. The highest BCUT2D eigenvalue weighted by Crippen LogP contribution is 2.11. The molecule has 0 heterocycles. The average molecular weight is 286 g/mol. The molecule has 0 bridgehead atoms. The van der Waals surface area contributed by atoms with Crippen molar-refractivity contribution in [1.82, 2.24) is 5.32 Å². The van der Waals surface area contributed by atoms with Crippen molar-refractivity contribution >= 4 is 5.91 Å². The van der Waals surface area contributed by atoms with Gasteiger partial charge in [-0.2, -0.15) is 0 Å². The topological polar surface area (TPSA) is 55.1 Å². The number of aryl methyl sites for hydroxylation is 1. The largest absolute Gasteiger partial charge is 0.366 e. The molecule has 0 unspecified atom stereocenters. The molecule has 0 saturated carbocycles. The number of amides is 1. The van der Waals surface area contributed by atoms with Gasteiger partial charge in [-0.25, -0.2) is 4.39 Å². The summed E-state index contributed by atoms with van der Waals surface area (Å²) in [7, 11) is 0. The van der Waals surface area contributed by atoms with E-state index in [9.17, 15) is 9.18 Å². The molecule has 0 fully saturated rings. The van der Waals surface area contributed by atoms with Crippen LogP contribution in [0.4, 0.5) is 4.39 Å². The molecule has 2 aromatic rings. The monoisotopic (exact) mass is 286 g/mol. The van der Waals surface area contributed by atoms with Gasteiger partial charge in [-0.15, -0.1) is 0 Å². The Hall–Kier alpha value is -2.20. The van der Waals surface area contributed by atoms with Crippen molar-refractivity contribution in [3.05, 3.63) is 70.5 Å². The molecule has 0 radical (unpaired) electrons. The highest BCUT2D eigenvalue weighted by molar-refractivity contribution is 5.93. The smallest absolute Gasteiger partial charge is 0.248 e. The van der Waals surface area contributed by atoms with Crippen LogP contribution in [0, 0.1) is 12.7 Å². The van der Waals surface area contributed by atoms with Gasteiger partial charge in [0.05, 0.1) is 0 Å². The number of rotatable bonds is 6. The number of benzene rings is 2. The number of carbonyl (C=O) groups is 1. The average Bonchev–Trinajstić information content (AvgIpc) is 2.46. The maximum absolute atomic E-state index is 13.5. The SMILES string of the molecule is Cc1cc(C(N)=O)ccc1CNCCc1ccccc1F. The van der Waals surface area contributed by atoms with Crippen molar-refractivity contribution in [2.45, 2.75) is 19.9 Å². The molecule has 0 spiro atoms. The first-order valence-corrected chi connectivity index (χ1v) is 6.91. The van der Waals surface area contributed by atoms with Gasteiger partial charge in [0, 0.05) is 12.1 Å². The standard InChI is InChI=1S/C17H19FN2O/c1-12-10-14(17(19)21)6-7-15(12)11-20-9-8-13-4-2-3-5-16(13)18/h2-7,10,20H,8-9,11H2,1H3,(H2,19,21). The fraction of sp³-hybridized carbons (Fsp3) is 0.235. The summed E-state index contributed by atoms with van der Waals surface area (Å²) < 4.78 is 13.5. The van der Waals surface area contributed by atoms with Crippen LogP contribution >= 0.6 is 0 Å². The Morgan fingerprint density at radius 1 is 1.19 bits per heavy atom. The highest BCUT2D eigenvalue weighted by atomic mass is 19.1. The Kier molecular flexibility index (Phi) is 5.06. The quantitative estimate of drug-likeness (QED) is 0.802. The fourth-order valence-corrected chi connectivity index (χ4v) is 2.19. The van der Waals surface area contributed by atoms with Crippen LogP contribution in [0.25, 0.3) is 0 Å². The molecule has 0 saturated heterocycles. The molecule has 0 aliphatic carbocycles. The molecule has 1 amide bonds. The second-order valence-corrected chi connectivity index (χ2v) is 5.02. The number of nitrogens with one attached hydrogen (secondary N) is 1. The number of hydrogen-bond acceptors (Lipinski definition) is 2. The van der Waals surface area contributed by atoms with E-state index in [0.717, 1.165) is 11.1 Å². The summed E-state index contributed by atoms with van der Waals surface area (Å²) in [5.74, 6) is -0.585. The zero-order valence-corrected chi connectivity index (χ0v) is 12.0. The van der Waals surface area contributed by atoms with Gasteiger partial charge in [-0.3, -0.25) is 4.79 Å². The second kappa shape index (κ2) is 6.99. The van der Waals surface area contributed by atoms with Gasteiger partial charge in [0.25, 0.3) is 0 Å². The van der Waals surface area contributed by atoms with Gasteiger partial charge in [0.2, 0.25) is 5.91 Å². The molecule has 3 nitrogen and oxygen atoms in total. The van der Waals surface area contributed by atoms with Gasteiger partial charge < -0.3 is 11.1 Å². The van der Waals surface area contributed by atoms with Crippen LogP contribution in [0.5, 0.6) is 0 Å². The van der Waals surface area contributed by atoms with Crippen LogP contribution in [0.15, 0.2) is 42.5 Å². The molecule has 4 heteroatoms. The van der Waals surface area contributed by atoms with Crippen LogP contribution < -0.4 is 11.1 Å². The van der Waals surface area contributed by atoms with Crippen LogP contribution in [0.3, 0.4) is 0 Å². The van der Waals surface area contributed by atoms with Crippen molar-refractivity contribution in [1.29, 1.82) is 0 Å². The van der Waals surface area contributed by atoms with Crippen LogP contribution in [-0.4, -0.2) is 12.5 Å². The van der Waals surface area contributed by atoms with Gasteiger partial charge in [-0.1, -0.05) is 24.3 Å². The molecular formula is C17H19FN2O. The summed E-state index contributed by atoms with van der Waals surface area (Å²) in [6.45, 7) is 3.32. The van der Waals surface area contributed by atoms with E-state index in [4.69, 9.17) is 5.73 Å². The maximum atomic E-state index is 13.5. The molecule has 21 heavy (non-hydrogen) atoms. The first-order chi connectivity index (χ1) is 10.1. The molecule has 0 aliphatic rings. The maximum Gasteiger partial charge on any atom is 0.248 e. The first-order valence-electron chi connectivity index (χ1n) is 6.91. The Balaban J connectivity index is 1.87. The van der Waals surface area contributed by atoms with Crippen molar-refractivity contribution in [3.63, 3.8) is 0 Å². The van der Waals surface area contributed by atoms with E-state index in [1.807, 2.05) is 19.1 Å². The zero-order chi connectivity index (χ0) is 15.2. The minimum atomic E-state index is -0.419. The van der Waals surface area contributed by atoms with Crippen LogP contribution in [-0.2, 0) is 13.0 Å². The summed E-state index contributed by atoms with van der Waals surface area (Å²) in [6.07, 6.45) is 0.644. The van der Waals surface area contributed by atoms with E-state index in [1.54, 1.807) is 24.3 Å². The number of halogens is 1. The number of nitrogens with two attached hydrogens (primary N) is 1. The van der Waals surface area contributed by atoms with E-state index in [1.165, 1.54) is 6.07 Å². The minimum Gasteiger partial charge on any atom is -0.366 e. The number of primary amides is 1. The third kappa shape index (κ3) is 4.13. The molecule has 0 atom stereocenters. The van der Waals surface area contributed by atoms with Crippen molar-refractivity contribution in [3.8, 4) is 0 Å². The fourth-order valence-electron chi connectivity index (χ4n) is 2.19. The normalized spacial score (nSPS) is 10.6. The lowest BCUT2D eigenvalue weighted by molar-refractivity contribution is 0.1000. The molecule has 0 aromatic heterocycles. The summed E-state index contributed by atoms with van der Waals surface area (Å²) in [4.78, 5) is 11.1. The van der Waals surface area contributed by atoms with Crippen molar-refractivity contribution in [2.24, 2.45) is 5.73 Å². The van der Waals surface area contributed by atoms with Gasteiger partial charge in [0.15, 0.2) is 0 Å². The Morgan fingerprint density at radius 3 is 2.62 bits per heavy atom. The highest BCUT2D eigenvalue weighted by Gasteiger charge is 2.04. The van der Waals surface area contributed by atoms with Crippen LogP contribution in [0.1, 0.15) is 27.0 Å². The van der Waals surface area contributed by atoms with Gasteiger partial charge in [-0.05, 0) is 54.8 Å². The molecule has 2 aromatic carbocycles. The van der Waals surface area contributed by atoms with E-state index < -0.39 is 5.91 Å². The lowest BCUT2D eigenvalue weighted by Gasteiger charge is -2.09. The predicted molar refractivity (Wildman–Crippen MR) is 81.5 cm³/mol. The Bertz CT molecular complexity index is 640. The number of hydrogen-bond donors (Lipinski definition) is 2. The third-order valence-electron chi connectivity index (χ3n) is 3.47. The van der Waals surface area contributed by atoms with Crippen molar-refractivity contribution < 1.29 is 9.18 Å². The molecule has 2 rings (SSSR count). The first kappa shape index (κ1) is 15.2. The van der Waals surface area contributed by atoms with Crippen LogP contribution in [0.2, 0.25) is 0 Å². The molecule has 3 N–H and O–H groups in total. The van der Waals surface area contributed by atoms with Gasteiger partial charge >= 0.3 is 0 Å². The summed E-state index contributed by atoms with van der Waals surface area (Å²) in [5.41, 5.74) is 8.60. The Labute approximate surface area is 124 Å². The van der Waals surface area contributed by atoms with E-state index in [0.29, 0.717) is 30.6 Å².